The molecule has 0 saturated carbocycles. The van der Waals surface area contributed by atoms with Crippen LogP contribution in [0.1, 0.15) is 52.4 Å². The molecule has 1 atom stereocenters. The monoisotopic (exact) mass is 178 g/mol. The molecule has 0 saturated heterocycles. The molecule has 1 aliphatic carbocycles. The molecule has 1 aliphatic rings. The summed E-state index contributed by atoms with van der Waals surface area (Å²) in [7, 11) is 1.38. The van der Waals surface area contributed by atoms with Crippen LogP contribution in [0.2, 0.25) is 12.6 Å². The van der Waals surface area contributed by atoms with Crippen LogP contribution in [0.4, 0.5) is 0 Å². The van der Waals surface area contributed by atoms with Gasteiger partial charge in [0.2, 0.25) is 0 Å². The molecule has 0 aliphatic heterocycles. The van der Waals surface area contributed by atoms with Crippen LogP contribution >= 0.6 is 0 Å². The quantitative estimate of drug-likeness (QED) is 0.443. The molecule has 0 spiro atoms. The molecule has 0 aromatic carbocycles. The minimum absolute atomic E-state index is 1.01. The van der Waals surface area contributed by atoms with Crippen LogP contribution in [0.5, 0.6) is 0 Å². The molecular weight excluding hydrogens is 155 g/mol. The zero-order valence-electron chi connectivity index (χ0n) is 9.53. The van der Waals surface area contributed by atoms with Gasteiger partial charge in [-0.3, -0.25) is 0 Å². The van der Waals surface area contributed by atoms with E-state index in [0.717, 1.165) is 5.82 Å². The van der Waals surface area contributed by atoms with Gasteiger partial charge in [0.1, 0.15) is 7.28 Å². The van der Waals surface area contributed by atoms with Crippen LogP contribution in [0.15, 0.2) is 11.1 Å². The Hall–Kier alpha value is -0.195. The first kappa shape index (κ1) is 10.9. The van der Waals surface area contributed by atoms with Gasteiger partial charge in [-0.25, -0.2) is 0 Å². The fourth-order valence-corrected chi connectivity index (χ4v) is 2.46. The van der Waals surface area contributed by atoms with Crippen molar-refractivity contribution in [3.8, 4) is 0 Å². The van der Waals surface area contributed by atoms with Crippen molar-refractivity contribution in [1.29, 1.82) is 0 Å². The van der Waals surface area contributed by atoms with Gasteiger partial charge < -0.3 is 0 Å². The topological polar surface area (TPSA) is 0 Å². The highest BCUT2D eigenvalue weighted by atomic mass is 14.1. The first-order valence-electron chi connectivity index (χ1n) is 5.95. The summed E-state index contributed by atoms with van der Waals surface area (Å²) in [5, 5.41) is 0. The van der Waals surface area contributed by atoms with E-state index < -0.39 is 0 Å². The zero-order chi connectivity index (χ0) is 9.68. The molecule has 0 nitrogen and oxygen atoms in total. The third kappa shape index (κ3) is 3.21. The Morgan fingerprint density at radius 1 is 1.31 bits per heavy atom. The van der Waals surface area contributed by atoms with Gasteiger partial charge in [0, 0.05) is 0 Å². The van der Waals surface area contributed by atoms with Gasteiger partial charge in [-0.05, 0) is 32.6 Å². The van der Waals surface area contributed by atoms with Crippen LogP contribution in [-0.2, 0) is 0 Å². The Bertz CT molecular complexity index is 182. The fourth-order valence-electron chi connectivity index (χ4n) is 2.46. The lowest BCUT2D eigenvalue weighted by atomic mass is 9.62. The Kier molecular flexibility index (Phi) is 4.62. The number of allylic oxidation sites excluding steroid dienone is 2. The summed E-state index contributed by atoms with van der Waals surface area (Å²) >= 11 is 0. The van der Waals surface area contributed by atoms with Crippen molar-refractivity contribution in [1.82, 2.24) is 0 Å². The molecule has 13 heavy (non-hydrogen) atoms. The van der Waals surface area contributed by atoms with Gasteiger partial charge in [0.05, 0.1) is 0 Å². The lowest BCUT2D eigenvalue weighted by molar-refractivity contribution is 0.599. The Morgan fingerprint density at radius 3 is 2.69 bits per heavy atom. The maximum atomic E-state index is 2.34. The molecular formula is C12H23B. The summed E-state index contributed by atoms with van der Waals surface area (Å²) in [5.74, 6) is 1.01. The minimum atomic E-state index is 1.01. The van der Waals surface area contributed by atoms with E-state index in [2.05, 4.69) is 20.7 Å². The Morgan fingerprint density at radius 2 is 2.08 bits per heavy atom. The van der Waals surface area contributed by atoms with E-state index in [4.69, 9.17) is 0 Å². The first-order chi connectivity index (χ1) is 6.27. The lowest BCUT2D eigenvalue weighted by Crippen LogP contribution is -2.04. The number of hydrogen-bond acceptors (Lipinski definition) is 0. The van der Waals surface area contributed by atoms with Crippen LogP contribution < -0.4 is 0 Å². The molecule has 0 bridgehead atoms. The molecule has 0 N–H and O–H groups in total. The van der Waals surface area contributed by atoms with Crippen molar-refractivity contribution < 1.29 is 0 Å². The average Bonchev–Trinajstić information content (AvgIpc) is 2.12. The highest BCUT2D eigenvalue weighted by molar-refractivity contribution is 6.35. The minimum Gasteiger partial charge on any atom is -0.0891 e. The van der Waals surface area contributed by atoms with Crippen LogP contribution in [-0.4, -0.2) is 7.28 Å². The fraction of sp³-hybridized carbons (Fsp3) is 0.833. The van der Waals surface area contributed by atoms with Crippen molar-refractivity contribution in [3.05, 3.63) is 11.1 Å². The van der Waals surface area contributed by atoms with E-state index in [0.29, 0.717) is 0 Å². The standard InChI is InChI=1S/C12H23B/c1-4-11-8-9-12(13-3)7-5-6-10(11)2/h12-13H,4-9H2,1-3H3/b11-10+. The highest BCUT2D eigenvalue weighted by Crippen LogP contribution is 2.30. The van der Waals surface area contributed by atoms with E-state index in [1.165, 1.54) is 45.8 Å². The van der Waals surface area contributed by atoms with Crippen LogP contribution in [0.25, 0.3) is 0 Å². The Balaban J connectivity index is 2.56. The summed E-state index contributed by atoms with van der Waals surface area (Å²) < 4.78 is 0. The molecule has 0 aromatic rings. The molecule has 0 heterocycles. The summed E-state index contributed by atoms with van der Waals surface area (Å²) in [6.45, 7) is 6.99. The molecule has 1 rings (SSSR count). The summed E-state index contributed by atoms with van der Waals surface area (Å²) in [6, 6.07) is 0. The molecule has 0 fully saturated rings. The van der Waals surface area contributed by atoms with Crippen molar-refractivity contribution >= 4 is 7.28 Å². The largest absolute Gasteiger partial charge is 0.121 e. The number of hydrogen-bond donors (Lipinski definition) is 0. The van der Waals surface area contributed by atoms with Crippen LogP contribution in [0.3, 0.4) is 0 Å². The van der Waals surface area contributed by atoms with Gasteiger partial charge in [0.25, 0.3) is 0 Å². The number of rotatable bonds is 2. The van der Waals surface area contributed by atoms with Gasteiger partial charge in [0.15, 0.2) is 0 Å². The van der Waals surface area contributed by atoms with Crippen molar-refractivity contribution in [3.63, 3.8) is 0 Å². The lowest BCUT2D eigenvalue weighted by Gasteiger charge is -2.20. The van der Waals surface area contributed by atoms with Crippen molar-refractivity contribution in [2.24, 2.45) is 0 Å². The van der Waals surface area contributed by atoms with E-state index in [1.807, 2.05) is 0 Å². The molecule has 74 valence electrons. The second-order valence-electron chi connectivity index (χ2n) is 4.44. The second-order valence-corrected chi connectivity index (χ2v) is 4.44. The zero-order valence-corrected chi connectivity index (χ0v) is 9.53. The van der Waals surface area contributed by atoms with E-state index in [9.17, 15) is 0 Å². The molecule has 0 radical (unpaired) electrons. The van der Waals surface area contributed by atoms with Gasteiger partial charge in [-0.2, -0.15) is 0 Å². The van der Waals surface area contributed by atoms with E-state index >= 15 is 0 Å². The maximum Gasteiger partial charge on any atom is 0.121 e. The summed E-state index contributed by atoms with van der Waals surface area (Å²) in [4.78, 5) is 0. The third-order valence-electron chi connectivity index (χ3n) is 3.63. The predicted octanol–water partition coefficient (Wildman–Crippen LogP) is 3.95. The second kappa shape index (κ2) is 5.52. The van der Waals surface area contributed by atoms with Crippen molar-refractivity contribution in [2.45, 2.75) is 65.0 Å². The molecule has 0 amide bonds. The third-order valence-corrected chi connectivity index (χ3v) is 3.63. The first-order valence-corrected chi connectivity index (χ1v) is 5.95. The summed E-state index contributed by atoms with van der Waals surface area (Å²) in [5.41, 5.74) is 3.44. The van der Waals surface area contributed by atoms with Gasteiger partial charge in [-0.15, -0.1) is 0 Å². The van der Waals surface area contributed by atoms with Gasteiger partial charge in [-0.1, -0.05) is 43.6 Å². The van der Waals surface area contributed by atoms with Crippen LogP contribution in [0, 0.1) is 0 Å². The molecule has 1 unspecified atom stereocenters. The van der Waals surface area contributed by atoms with E-state index in [1.54, 1.807) is 11.1 Å². The Labute approximate surface area is 84.0 Å². The normalized spacial score (nSPS) is 30.8. The SMILES string of the molecule is CBC1CCC/C(C)=C(\CC)CC1. The molecule has 0 aromatic heterocycles. The smallest absolute Gasteiger partial charge is 0.0891 e. The molecule has 1 heteroatoms. The maximum absolute atomic E-state index is 2.34. The van der Waals surface area contributed by atoms with Crippen molar-refractivity contribution in [2.75, 3.05) is 0 Å². The van der Waals surface area contributed by atoms with Gasteiger partial charge >= 0.3 is 0 Å². The highest BCUT2D eigenvalue weighted by Gasteiger charge is 2.12. The predicted molar refractivity (Wildman–Crippen MR) is 62.8 cm³/mol. The average molecular weight is 178 g/mol. The summed E-state index contributed by atoms with van der Waals surface area (Å²) in [6.07, 6.45) is 8.35. The van der Waals surface area contributed by atoms with E-state index in [-0.39, 0.29) is 0 Å².